The van der Waals surface area contributed by atoms with Crippen LogP contribution in [-0.2, 0) is 9.53 Å². The SMILES string of the molecule is COC(=O)C1C2CC[C@@H](C[C@@H]1O)N2C. The summed E-state index contributed by atoms with van der Waals surface area (Å²) in [5, 5.41) is 9.84. The standard InChI is InChI=1S/C10H17NO3/c1-11-6-3-4-7(11)9(8(12)5-6)10(13)14-2/h6-9,12H,3-5H2,1-2H3/t6-,7?,8-,9?/m0/s1. The van der Waals surface area contributed by atoms with Crippen LogP contribution in [0.5, 0.6) is 0 Å². The van der Waals surface area contributed by atoms with Gasteiger partial charge in [-0.15, -0.1) is 0 Å². The summed E-state index contributed by atoms with van der Waals surface area (Å²) in [7, 11) is 3.42. The van der Waals surface area contributed by atoms with Crippen LogP contribution in [0.1, 0.15) is 19.3 Å². The molecule has 2 aliphatic rings. The maximum Gasteiger partial charge on any atom is 0.312 e. The lowest BCUT2D eigenvalue weighted by atomic mass is 9.88. The highest BCUT2D eigenvalue weighted by molar-refractivity contribution is 5.74. The lowest BCUT2D eigenvalue weighted by Gasteiger charge is -2.39. The molecule has 2 aliphatic heterocycles. The van der Waals surface area contributed by atoms with Gasteiger partial charge in [-0.1, -0.05) is 0 Å². The normalized spacial score (nSPS) is 42.5. The number of carbonyl (C=O) groups excluding carboxylic acids is 1. The van der Waals surface area contributed by atoms with Gasteiger partial charge in [-0.2, -0.15) is 0 Å². The first-order chi connectivity index (χ1) is 6.65. The van der Waals surface area contributed by atoms with Crippen molar-refractivity contribution in [1.29, 1.82) is 0 Å². The van der Waals surface area contributed by atoms with Crippen LogP contribution in [0.2, 0.25) is 0 Å². The van der Waals surface area contributed by atoms with Crippen molar-refractivity contribution in [3.05, 3.63) is 0 Å². The molecule has 80 valence electrons. The van der Waals surface area contributed by atoms with Crippen molar-refractivity contribution < 1.29 is 14.6 Å². The molecular formula is C10H17NO3. The Hall–Kier alpha value is -0.610. The molecule has 14 heavy (non-hydrogen) atoms. The average Bonchev–Trinajstić information content (AvgIpc) is 2.42. The summed E-state index contributed by atoms with van der Waals surface area (Å²) in [6.07, 6.45) is 2.27. The van der Waals surface area contributed by atoms with E-state index in [4.69, 9.17) is 4.74 Å². The first kappa shape index (κ1) is 9.93. The van der Waals surface area contributed by atoms with Crippen LogP contribution in [0, 0.1) is 5.92 Å². The molecule has 0 aliphatic carbocycles. The second-order valence-corrected chi connectivity index (χ2v) is 4.32. The molecule has 2 bridgehead atoms. The summed E-state index contributed by atoms with van der Waals surface area (Å²) in [6, 6.07) is 0.632. The Morgan fingerprint density at radius 1 is 1.50 bits per heavy atom. The second-order valence-electron chi connectivity index (χ2n) is 4.32. The van der Waals surface area contributed by atoms with E-state index in [2.05, 4.69) is 4.90 Å². The van der Waals surface area contributed by atoms with E-state index in [-0.39, 0.29) is 17.9 Å². The van der Waals surface area contributed by atoms with Gasteiger partial charge in [0.1, 0.15) is 0 Å². The van der Waals surface area contributed by atoms with Gasteiger partial charge < -0.3 is 9.84 Å². The van der Waals surface area contributed by atoms with Crippen molar-refractivity contribution >= 4 is 5.97 Å². The molecule has 0 amide bonds. The number of aliphatic hydroxyl groups is 1. The third-order valence-electron chi connectivity index (χ3n) is 3.71. The van der Waals surface area contributed by atoms with E-state index in [1.54, 1.807) is 0 Å². The summed E-state index contributed by atoms with van der Waals surface area (Å²) in [6.45, 7) is 0. The van der Waals surface area contributed by atoms with E-state index < -0.39 is 6.10 Å². The molecule has 2 fully saturated rings. The van der Waals surface area contributed by atoms with Gasteiger partial charge in [0.05, 0.1) is 19.1 Å². The highest BCUT2D eigenvalue weighted by Crippen LogP contribution is 2.38. The Labute approximate surface area is 83.8 Å². The minimum absolute atomic E-state index is 0.177. The maximum atomic E-state index is 11.5. The van der Waals surface area contributed by atoms with E-state index in [9.17, 15) is 9.90 Å². The van der Waals surface area contributed by atoms with Crippen molar-refractivity contribution in [2.75, 3.05) is 14.2 Å². The quantitative estimate of drug-likeness (QED) is 0.604. The van der Waals surface area contributed by atoms with Crippen molar-refractivity contribution in [2.45, 2.75) is 37.5 Å². The number of aliphatic hydroxyl groups excluding tert-OH is 1. The molecule has 0 saturated carbocycles. The zero-order valence-electron chi connectivity index (χ0n) is 8.64. The lowest BCUT2D eigenvalue weighted by Crippen LogP contribution is -2.52. The number of piperidine rings is 1. The minimum atomic E-state index is -0.517. The van der Waals surface area contributed by atoms with Gasteiger partial charge in [-0.25, -0.2) is 0 Å². The third kappa shape index (κ3) is 1.33. The average molecular weight is 199 g/mol. The summed E-state index contributed by atoms with van der Waals surface area (Å²) in [4.78, 5) is 13.7. The molecule has 0 spiro atoms. The fourth-order valence-corrected chi connectivity index (χ4v) is 2.89. The predicted octanol–water partition coefficient (Wildman–Crippen LogP) is 0.00300. The molecule has 0 aromatic rings. The zero-order valence-corrected chi connectivity index (χ0v) is 8.64. The van der Waals surface area contributed by atoms with Crippen LogP contribution in [-0.4, -0.2) is 48.3 Å². The van der Waals surface area contributed by atoms with Gasteiger partial charge in [0.2, 0.25) is 0 Å². The van der Waals surface area contributed by atoms with E-state index in [0.29, 0.717) is 12.5 Å². The molecule has 4 nitrogen and oxygen atoms in total. The summed E-state index contributed by atoms with van der Waals surface area (Å²) in [5.41, 5.74) is 0. The number of nitrogens with zero attached hydrogens (tertiary/aromatic N) is 1. The molecular weight excluding hydrogens is 182 g/mol. The maximum absolute atomic E-state index is 11.5. The number of fused-ring (bicyclic) bond motifs is 2. The number of carbonyl (C=O) groups is 1. The Kier molecular flexibility index (Phi) is 2.49. The fraction of sp³-hybridized carbons (Fsp3) is 0.900. The summed E-state index contributed by atoms with van der Waals surface area (Å²) >= 11 is 0. The zero-order chi connectivity index (χ0) is 10.3. The van der Waals surface area contributed by atoms with Crippen LogP contribution in [0.15, 0.2) is 0 Å². The molecule has 0 radical (unpaired) electrons. The van der Waals surface area contributed by atoms with E-state index in [1.165, 1.54) is 7.11 Å². The number of hydrogen-bond donors (Lipinski definition) is 1. The number of hydrogen-bond acceptors (Lipinski definition) is 4. The molecule has 2 rings (SSSR count). The topological polar surface area (TPSA) is 49.8 Å². The molecule has 1 N–H and O–H groups in total. The van der Waals surface area contributed by atoms with Crippen LogP contribution in [0.25, 0.3) is 0 Å². The van der Waals surface area contributed by atoms with Gasteiger partial charge in [0.15, 0.2) is 0 Å². The monoisotopic (exact) mass is 199 g/mol. The molecule has 2 heterocycles. The van der Waals surface area contributed by atoms with Gasteiger partial charge in [-0.3, -0.25) is 9.69 Å². The molecule has 2 unspecified atom stereocenters. The summed E-state index contributed by atoms with van der Waals surface area (Å²) in [5.74, 6) is -0.613. The lowest BCUT2D eigenvalue weighted by molar-refractivity contribution is -0.155. The highest BCUT2D eigenvalue weighted by Gasteiger charge is 2.48. The van der Waals surface area contributed by atoms with Crippen LogP contribution in [0.3, 0.4) is 0 Å². The van der Waals surface area contributed by atoms with Crippen molar-refractivity contribution in [2.24, 2.45) is 5.92 Å². The molecule has 4 atom stereocenters. The number of ether oxygens (including phenoxy) is 1. The van der Waals surface area contributed by atoms with Gasteiger partial charge >= 0.3 is 5.97 Å². The van der Waals surface area contributed by atoms with Crippen molar-refractivity contribution in [3.8, 4) is 0 Å². The smallest absolute Gasteiger partial charge is 0.312 e. The molecule has 2 saturated heterocycles. The Morgan fingerprint density at radius 3 is 2.86 bits per heavy atom. The third-order valence-corrected chi connectivity index (χ3v) is 3.71. The molecule has 0 aromatic heterocycles. The highest BCUT2D eigenvalue weighted by atomic mass is 16.5. The second kappa shape index (κ2) is 3.51. The van der Waals surface area contributed by atoms with Gasteiger partial charge in [-0.05, 0) is 26.3 Å². The van der Waals surface area contributed by atoms with E-state index in [1.807, 2.05) is 7.05 Å². The van der Waals surface area contributed by atoms with E-state index in [0.717, 1.165) is 12.8 Å². The van der Waals surface area contributed by atoms with Gasteiger partial charge in [0.25, 0.3) is 0 Å². The predicted molar refractivity (Wildman–Crippen MR) is 50.7 cm³/mol. The number of esters is 1. The van der Waals surface area contributed by atoms with Crippen molar-refractivity contribution in [1.82, 2.24) is 4.90 Å². The first-order valence-corrected chi connectivity index (χ1v) is 5.13. The van der Waals surface area contributed by atoms with Crippen molar-refractivity contribution in [3.63, 3.8) is 0 Å². The fourth-order valence-electron chi connectivity index (χ4n) is 2.89. The Morgan fingerprint density at radius 2 is 2.21 bits per heavy atom. The summed E-state index contributed by atoms with van der Waals surface area (Å²) < 4.78 is 4.73. The molecule has 4 heteroatoms. The first-order valence-electron chi connectivity index (χ1n) is 5.13. The Balaban J connectivity index is 2.18. The van der Waals surface area contributed by atoms with Crippen LogP contribution >= 0.6 is 0 Å². The largest absolute Gasteiger partial charge is 0.469 e. The number of methoxy groups -OCH3 is 1. The van der Waals surface area contributed by atoms with Gasteiger partial charge in [0, 0.05) is 12.1 Å². The Bertz CT molecular complexity index is 244. The van der Waals surface area contributed by atoms with Crippen LogP contribution in [0.4, 0.5) is 0 Å². The minimum Gasteiger partial charge on any atom is -0.469 e. The molecule has 0 aromatic carbocycles. The van der Waals surface area contributed by atoms with Crippen LogP contribution < -0.4 is 0 Å². The van der Waals surface area contributed by atoms with E-state index >= 15 is 0 Å². The number of rotatable bonds is 1.